The Morgan fingerprint density at radius 1 is 1.24 bits per heavy atom. The van der Waals surface area contributed by atoms with Crippen LogP contribution in [0.5, 0.6) is 0 Å². The third-order valence-electron chi connectivity index (χ3n) is 3.56. The second kappa shape index (κ2) is 8.54. The van der Waals surface area contributed by atoms with Crippen molar-refractivity contribution >= 4 is 5.84 Å². The van der Waals surface area contributed by atoms with E-state index in [1.54, 1.807) is 0 Å². The van der Waals surface area contributed by atoms with E-state index in [9.17, 15) is 0 Å². The lowest BCUT2D eigenvalue weighted by Crippen LogP contribution is -2.28. The molecule has 1 aliphatic heterocycles. The van der Waals surface area contributed by atoms with Crippen molar-refractivity contribution in [1.29, 1.82) is 0 Å². The van der Waals surface area contributed by atoms with Crippen LogP contribution in [0.1, 0.15) is 72.1 Å². The average molecular weight is 238 g/mol. The summed E-state index contributed by atoms with van der Waals surface area (Å²) >= 11 is 0. The largest absolute Gasteiger partial charge is 0.370 e. The summed E-state index contributed by atoms with van der Waals surface area (Å²) in [5.74, 6) is 2.04. The zero-order valence-corrected chi connectivity index (χ0v) is 12.0. The van der Waals surface area contributed by atoms with Crippen molar-refractivity contribution in [2.24, 2.45) is 10.9 Å². The minimum atomic E-state index is 0.561. The molecule has 0 aliphatic carbocycles. The van der Waals surface area contributed by atoms with Gasteiger partial charge in [0.25, 0.3) is 0 Å². The molecule has 0 fully saturated rings. The van der Waals surface area contributed by atoms with E-state index in [0.717, 1.165) is 18.9 Å². The molecule has 0 aromatic rings. The van der Waals surface area contributed by atoms with Gasteiger partial charge >= 0.3 is 0 Å². The standard InChI is InChI=1S/C15H30N2/c1-4-5-6-7-8-9-10-13(2)11-15-16-12-14(3)17-15/h13-14H,4-12H2,1-3H3,(H,16,17). The smallest absolute Gasteiger partial charge is 0.0969 e. The van der Waals surface area contributed by atoms with Gasteiger partial charge in [-0.15, -0.1) is 0 Å². The monoisotopic (exact) mass is 238 g/mol. The summed E-state index contributed by atoms with van der Waals surface area (Å²) in [6.45, 7) is 7.81. The van der Waals surface area contributed by atoms with Crippen molar-refractivity contribution in [2.75, 3.05) is 6.54 Å². The summed E-state index contributed by atoms with van der Waals surface area (Å²) in [6.07, 6.45) is 10.9. The lowest BCUT2D eigenvalue weighted by molar-refractivity contribution is 0.492. The molecule has 0 saturated heterocycles. The molecule has 0 amide bonds. The number of unbranched alkanes of at least 4 members (excludes halogenated alkanes) is 5. The van der Waals surface area contributed by atoms with Crippen LogP contribution in [-0.2, 0) is 0 Å². The Bertz CT molecular complexity index is 223. The first-order valence-corrected chi connectivity index (χ1v) is 7.52. The third-order valence-corrected chi connectivity index (χ3v) is 3.56. The van der Waals surface area contributed by atoms with Crippen molar-refractivity contribution in [3.05, 3.63) is 0 Å². The number of hydrogen-bond acceptors (Lipinski definition) is 2. The zero-order valence-electron chi connectivity index (χ0n) is 12.0. The highest BCUT2D eigenvalue weighted by Gasteiger charge is 2.14. The summed E-state index contributed by atoms with van der Waals surface area (Å²) in [5, 5.41) is 3.45. The molecule has 1 aliphatic rings. The van der Waals surface area contributed by atoms with E-state index in [4.69, 9.17) is 0 Å². The van der Waals surface area contributed by atoms with E-state index in [2.05, 4.69) is 31.1 Å². The Balaban J connectivity index is 1.96. The highest BCUT2D eigenvalue weighted by Crippen LogP contribution is 2.16. The fourth-order valence-electron chi connectivity index (χ4n) is 2.45. The minimum absolute atomic E-state index is 0.561. The van der Waals surface area contributed by atoms with Gasteiger partial charge in [-0.2, -0.15) is 0 Å². The average Bonchev–Trinajstić information content (AvgIpc) is 2.69. The predicted octanol–water partition coefficient (Wildman–Crippen LogP) is 4.15. The Hall–Kier alpha value is -0.530. The summed E-state index contributed by atoms with van der Waals surface area (Å²) in [4.78, 5) is 4.53. The first-order valence-electron chi connectivity index (χ1n) is 7.52. The topological polar surface area (TPSA) is 24.4 Å². The summed E-state index contributed by atoms with van der Waals surface area (Å²) < 4.78 is 0. The molecule has 100 valence electrons. The van der Waals surface area contributed by atoms with Gasteiger partial charge in [0.1, 0.15) is 0 Å². The van der Waals surface area contributed by atoms with Gasteiger partial charge in [-0.1, -0.05) is 58.8 Å². The Morgan fingerprint density at radius 3 is 2.59 bits per heavy atom. The maximum Gasteiger partial charge on any atom is 0.0969 e. The highest BCUT2D eigenvalue weighted by molar-refractivity contribution is 5.84. The molecule has 0 spiro atoms. The van der Waals surface area contributed by atoms with Gasteiger partial charge in [0, 0.05) is 12.5 Å². The predicted molar refractivity (Wildman–Crippen MR) is 76.7 cm³/mol. The number of nitrogens with zero attached hydrogens (tertiary/aromatic N) is 1. The Labute approximate surface area is 107 Å². The van der Waals surface area contributed by atoms with E-state index in [1.807, 2.05) is 0 Å². The molecule has 0 aromatic carbocycles. The molecule has 2 unspecified atom stereocenters. The quantitative estimate of drug-likeness (QED) is 0.599. The molecule has 1 N–H and O–H groups in total. The number of aliphatic imine (C=N–C) groups is 1. The second-order valence-corrected chi connectivity index (χ2v) is 5.70. The zero-order chi connectivity index (χ0) is 12.5. The van der Waals surface area contributed by atoms with Crippen LogP contribution in [0.4, 0.5) is 0 Å². The third kappa shape index (κ3) is 6.70. The van der Waals surface area contributed by atoms with E-state index in [0.29, 0.717) is 6.04 Å². The fraction of sp³-hybridized carbons (Fsp3) is 0.933. The minimum Gasteiger partial charge on any atom is -0.370 e. The van der Waals surface area contributed by atoms with Gasteiger partial charge in [-0.3, -0.25) is 4.99 Å². The van der Waals surface area contributed by atoms with E-state index in [-0.39, 0.29) is 0 Å². The second-order valence-electron chi connectivity index (χ2n) is 5.70. The van der Waals surface area contributed by atoms with E-state index >= 15 is 0 Å². The maximum absolute atomic E-state index is 4.53. The number of hydrogen-bond donors (Lipinski definition) is 1. The molecular formula is C15H30N2. The SMILES string of the molecule is CCCCCCCCC(C)CC1=NCC(C)N1. The van der Waals surface area contributed by atoms with Gasteiger partial charge < -0.3 is 5.32 Å². The van der Waals surface area contributed by atoms with Crippen molar-refractivity contribution < 1.29 is 0 Å². The van der Waals surface area contributed by atoms with E-state index in [1.165, 1.54) is 50.8 Å². The molecule has 2 heteroatoms. The summed E-state index contributed by atoms with van der Waals surface area (Å²) in [6, 6.07) is 0.561. The van der Waals surface area contributed by atoms with Crippen LogP contribution in [0.25, 0.3) is 0 Å². The molecule has 1 rings (SSSR count). The molecule has 2 nitrogen and oxygen atoms in total. The first kappa shape index (κ1) is 14.5. The van der Waals surface area contributed by atoms with Crippen molar-refractivity contribution in [3.8, 4) is 0 Å². The summed E-state index contributed by atoms with van der Waals surface area (Å²) in [7, 11) is 0. The lowest BCUT2D eigenvalue weighted by Gasteiger charge is -2.12. The van der Waals surface area contributed by atoms with Gasteiger partial charge in [0.2, 0.25) is 0 Å². The van der Waals surface area contributed by atoms with Gasteiger partial charge in [0.05, 0.1) is 12.4 Å². The van der Waals surface area contributed by atoms with E-state index < -0.39 is 0 Å². The molecule has 1 heterocycles. The number of nitrogens with one attached hydrogen (secondary N) is 1. The normalized spacial score (nSPS) is 21.1. The van der Waals surface area contributed by atoms with Crippen LogP contribution in [0.2, 0.25) is 0 Å². The lowest BCUT2D eigenvalue weighted by atomic mass is 9.98. The van der Waals surface area contributed by atoms with Crippen LogP contribution in [0, 0.1) is 5.92 Å². The maximum atomic E-state index is 4.53. The molecule has 17 heavy (non-hydrogen) atoms. The van der Waals surface area contributed by atoms with Crippen molar-refractivity contribution in [3.63, 3.8) is 0 Å². The molecule has 0 radical (unpaired) electrons. The molecule has 0 aromatic heterocycles. The number of rotatable bonds is 9. The van der Waals surface area contributed by atoms with Gasteiger partial charge in [-0.25, -0.2) is 0 Å². The van der Waals surface area contributed by atoms with Crippen molar-refractivity contribution in [2.45, 2.75) is 78.2 Å². The Kier molecular flexibility index (Phi) is 7.30. The summed E-state index contributed by atoms with van der Waals surface area (Å²) in [5.41, 5.74) is 0. The molecular weight excluding hydrogens is 208 g/mol. The van der Waals surface area contributed by atoms with Crippen LogP contribution >= 0.6 is 0 Å². The van der Waals surface area contributed by atoms with Crippen LogP contribution < -0.4 is 5.32 Å². The van der Waals surface area contributed by atoms with Crippen LogP contribution in [-0.4, -0.2) is 18.4 Å². The van der Waals surface area contributed by atoms with Crippen LogP contribution in [0.3, 0.4) is 0 Å². The first-order chi connectivity index (χ1) is 8.22. The fourth-order valence-corrected chi connectivity index (χ4v) is 2.45. The van der Waals surface area contributed by atoms with Gasteiger partial charge in [-0.05, 0) is 12.8 Å². The molecule has 0 saturated carbocycles. The van der Waals surface area contributed by atoms with Gasteiger partial charge in [0.15, 0.2) is 0 Å². The van der Waals surface area contributed by atoms with Crippen molar-refractivity contribution in [1.82, 2.24) is 5.32 Å². The highest BCUT2D eigenvalue weighted by atomic mass is 15.1. The molecule has 2 atom stereocenters. The van der Waals surface area contributed by atoms with Crippen LogP contribution in [0.15, 0.2) is 4.99 Å². The molecule has 0 bridgehead atoms. The number of amidine groups is 1. The Morgan fingerprint density at radius 2 is 1.94 bits per heavy atom.